The number of benzene rings is 2. The second kappa shape index (κ2) is 9.25. The summed E-state index contributed by atoms with van der Waals surface area (Å²) in [4.78, 5) is 16.4. The fourth-order valence-corrected chi connectivity index (χ4v) is 4.62. The molecule has 7 nitrogen and oxygen atoms in total. The number of carbonyl (C=O) groups is 1. The SMILES string of the molecule is COc1ccc(S(=O)(=O)Nc2nc(CCC(=O)Nc3cccc(Cl)c3)cs2)cc1. The molecule has 0 spiro atoms. The van der Waals surface area contributed by atoms with E-state index in [4.69, 9.17) is 16.3 Å². The van der Waals surface area contributed by atoms with Crippen molar-refractivity contribution < 1.29 is 17.9 Å². The maximum Gasteiger partial charge on any atom is 0.263 e. The van der Waals surface area contributed by atoms with Crippen molar-refractivity contribution in [2.45, 2.75) is 17.7 Å². The van der Waals surface area contributed by atoms with Crippen LogP contribution in [0.1, 0.15) is 12.1 Å². The second-order valence-electron chi connectivity index (χ2n) is 5.98. The molecule has 1 heterocycles. The van der Waals surface area contributed by atoms with Gasteiger partial charge < -0.3 is 10.1 Å². The summed E-state index contributed by atoms with van der Waals surface area (Å²) in [5.74, 6) is 0.386. The van der Waals surface area contributed by atoms with E-state index in [-0.39, 0.29) is 22.4 Å². The molecule has 0 saturated carbocycles. The van der Waals surface area contributed by atoms with Gasteiger partial charge in [-0.1, -0.05) is 17.7 Å². The van der Waals surface area contributed by atoms with E-state index in [0.29, 0.717) is 28.6 Å². The van der Waals surface area contributed by atoms with Crippen LogP contribution in [-0.4, -0.2) is 26.4 Å². The number of sulfonamides is 1. The van der Waals surface area contributed by atoms with E-state index in [1.54, 1.807) is 41.8 Å². The van der Waals surface area contributed by atoms with Crippen LogP contribution in [-0.2, 0) is 21.2 Å². The Kier molecular flexibility index (Phi) is 6.73. The van der Waals surface area contributed by atoms with Crippen molar-refractivity contribution in [2.75, 3.05) is 17.1 Å². The third-order valence-corrected chi connectivity index (χ3v) is 6.39. The van der Waals surface area contributed by atoms with Crippen LogP contribution < -0.4 is 14.8 Å². The van der Waals surface area contributed by atoms with Gasteiger partial charge in [0.15, 0.2) is 5.13 Å². The lowest BCUT2D eigenvalue weighted by Gasteiger charge is -2.06. The van der Waals surface area contributed by atoms with Crippen LogP contribution in [0.15, 0.2) is 58.8 Å². The van der Waals surface area contributed by atoms with Crippen molar-refractivity contribution in [1.82, 2.24) is 4.98 Å². The zero-order valence-electron chi connectivity index (χ0n) is 15.4. The highest BCUT2D eigenvalue weighted by molar-refractivity contribution is 7.93. The Bertz CT molecular complexity index is 1100. The molecule has 0 bridgehead atoms. The zero-order valence-corrected chi connectivity index (χ0v) is 17.8. The molecule has 2 aromatic carbocycles. The van der Waals surface area contributed by atoms with Crippen molar-refractivity contribution in [3.63, 3.8) is 0 Å². The van der Waals surface area contributed by atoms with Gasteiger partial charge in [-0.05, 0) is 48.9 Å². The Balaban J connectivity index is 1.56. The number of aryl methyl sites for hydroxylation is 1. The molecule has 1 aromatic heterocycles. The highest BCUT2D eigenvalue weighted by atomic mass is 35.5. The quantitative estimate of drug-likeness (QED) is 0.535. The highest BCUT2D eigenvalue weighted by Gasteiger charge is 2.16. The number of halogens is 1. The molecule has 152 valence electrons. The molecular formula is C19H18ClN3O4S2. The molecule has 1 amide bonds. The predicted octanol–water partition coefficient (Wildman–Crippen LogP) is 4.18. The summed E-state index contributed by atoms with van der Waals surface area (Å²) in [5, 5.41) is 5.26. The number of rotatable bonds is 8. The molecule has 10 heteroatoms. The van der Waals surface area contributed by atoms with Crippen LogP contribution in [0.3, 0.4) is 0 Å². The molecule has 0 unspecified atom stereocenters. The van der Waals surface area contributed by atoms with Gasteiger partial charge >= 0.3 is 0 Å². The van der Waals surface area contributed by atoms with E-state index < -0.39 is 10.0 Å². The number of nitrogens with zero attached hydrogens (tertiary/aromatic N) is 1. The first-order chi connectivity index (χ1) is 13.9. The van der Waals surface area contributed by atoms with E-state index in [1.165, 1.54) is 19.2 Å². The molecule has 0 radical (unpaired) electrons. The van der Waals surface area contributed by atoms with Crippen LogP contribution in [0.5, 0.6) is 5.75 Å². The van der Waals surface area contributed by atoms with E-state index in [1.807, 2.05) is 0 Å². The molecule has 0 aliphatic heterocycles. The molecule has 2 N–H and O–H groups in total. The van der Waals surface area contributed by atoms with Gasteiger partial charge in [0, 0.05) is 22.5 Å². The number of nitrogens with one attached hydrogen (secondary N) is 2. The minimum Gasteiger partial charge on any atom is -0.497 e. The summed E-state index contributed by atoms with van der Waals surface area (Å²) in [6, 6.07) is 12.9. The largest absolute Gasteiger partial charge is 0.497 e. The Morgan fingerprint density at radius 1 is 1.21 bits per heavy atom. The minimum atomic E-state index is -3.75. The fraction of sp³-hybridized carbons (Fsp3) is 0.158. The van der Waals surface area contributed by atoms with Gasteiger partial charge in [0.25, 0.3) is 10.0 Å². The number of methoxy groups -OCH3 is 1. The molecule has 3 aromatic rings. The lowest BCUT2D eigenvalue weighted by atomic mass is 10.2. The summed E-state index contributed by atoms with van der Waals surface area (Å²) in [6.45, 7) is 0. The number of hydrogen-bond acceptors (Lipinski definition) is 6. The van der Waals surface area contributed by atoms with Crippen LogP contribution >= 0.6 is 22.9 Å². The van der Waals surface area contributed by atoms with Crippen molar-refractivity contribution in [3.05, 3.63) is 64.6 Å². The highest BCUT2D eigenvalue weighted by Crippen LogP contribution is 2.22. The van der Waals surface area contributed by atoms with Crippen LogP contribution in [0.4, 0.5) is 10.8 Å². The Morgan fingerprint density at radius 3 is 2.66 bits per heavy atom. The summed E-state index contributed by atoms with van der Waals surface area (Å²) in [7, 11) is -2.24. The molecule has 0 saturated heterocycles. The van der Waals surface area contributed by atoms with Gasteiger partial charge in [-0.15, -0.1) is 11.3 Å². The first-order valence-electron chi connectivity index (χ1n) is 8.52. The fourth-order valence-electron chi connectivity index (χ4n) is 2.43. The third kappa shape index (κ3) is 5.93. The topological polar surface area (TPSA) is 97.4 Å². The first-order valence-corrected chi connectivity index (χ1v) is 11.3. The minimum absolute atomic E-state index is 0.107. The average Bonchev–Trinajstić information content (AvgIpc) is 3.13. The van der Waals surface area contributed by atoms with Gasteiger partial charge in [-0.2, -0.15) is 0 Å². The average molecular weight is 452 g/mol. The summed E-state index contributed by atoms with van der Waals surface area (Å²) < 4.78 is 32.4. The van der Waals surface area contributed by atoms with Crippen molar-refractivity contribution in [2.24, 2.45) is 0 Å². The molecular weight excluding hydrogens is 434 g/mol. The van der Waals surface area contributed by atoms with Gasteiger partial charge in [0.05, 0.1) is 17.7 Å². The van der Waals surface area contributed by atoms with E-state index >= 15 is 0 Å². The molecule has 0 atom stereocenters. The van der Waals surface area contributed by atoms with Gasteiger partial charge in [-0.25, -0.2) is 13.4 Å². The number of thiazole rings is 1. The molecule has 3 rings (SSSR count). The smallest absolute Gasteiger partial charge is 0.263 e. The Morgan fingerprint density at radius 2 is 1.97 bits per heavy atom. The standard InChI is InChI=1S/C19H18ClN3O4S2/c1-27-16-6-8-17(9-7-16)29(25,26)23-19-22-15(12-28-19)5-10-18(24)21-14-4-2-3-13(20)11-14/h2-4,6-9,11-12H,5,10H2,1H3,(H,21,24)(H,22,23). The lowest BCUT2D eigenvalue weighted by molar-refractivity contribution is -0.116. The number of anilines is 2. The monoisotopic (exact) mass is 451 g/mol. The van der Waals surface area contributed by atoms with Crippen LogP contribution in [0, 0.1) is 0 Å². The second-order valence-corrected chi connectivity index (χ2v) is 8.96. The normalized spacial score (nSPS) is 11.1. The van der Waals surface area contributed by atoms with Crippen LogP contribution in [0.25, 0.3) is 0 Å². The van der Waals surface area contributed by atoms with Crippen molar-refractivity contribution in [1.29, 1.82) is 0 Å². The van der Waals surface area contributed by atoms with Crippen molar-refractivity contribution in [3.8, 4) is 5.75 Å². The van der Waals surface area contributed by atoms with E-state index in [9.17, 15) is 13.2 Å². The number of amides is 1. The van der Waals surface area contributed by atoms with E-state index in [0.717, 1.165) is 11.3 Å². The van der Waals surface area contributed by atoms with E-state index in [2.05, 4.69) is 15.0 Å². The Hall–Kier alpha value is -2.62. The zero-order chi connectivity index (χ0) is 20.9. The summed E-state index contributed by atoms with van der Waals surface area (Å²) in [5.41, 5.74) is 1.25. The van der Waals surface area contributed by atoms with Gasteiger partial charge in [0.1, 0.15) is 5.75 Å². The third-order valence-electron chi connectivity index (χ3n) is 3.86. The molecule has 29 heavy (non-hydrogen) atoms. The number of carbonyl (C=O) groups excluding carboxylic acids is 1. The van der Waals surface area contributed by atoms with Crippen molar-refractivity contribution >= 4 is 49.7 Å². The lowest BCUT2D eigenvalue weighted by Crippen LogP contribution is -2.13. The summed E-state index contributed by atoms with van der Waals surface area (Å²) in [6.07, 6.45) is 0.591. The maximum absolute atomic E-state index is 12.4. The molecule has 0 aliphatic rings. The number of hydrogen-bond donors (Lipinski definition) is 2. The maximum atomic E-state index is 12.4. The van der Waals surface area contributed by atoms with Crippen LogP contribution in [0.2, 0.25) is 5.02 Å². The number of ether oxygens (including phenoxy) is 1. The molecule has 0 fully saturated rings. The summed E-state index contributed by atoms with van der Waals surface area (Å²) >= 11 is 7.06. The number of aromatic nitrogens is 1. The molecule has 0 aliphatic carbocycles. The van der Waals surface area contributed by atoms with Gasteiger partial charge in [-0.3, -0.25) is 9.52 Å². The Labute approximate surface area is 177 Å². The van der Waals surface area contributed by atoms with Gasteiger partial charge in [0.2, 0.25) is 5.91 Å². The predicted molar refractivity (Wildman–Crippen MR) is 114 cm³/mol. The first kappa shape index (κ1) is 21.1.